The van der Waals surface area contributed by atoms with Gasteiger partial charge in [-0.2, -0.15) is 0 Å². The SMILES string of the molecule is C=CCn1c(=O)n(CC=C)c(=O)n(CC(=O)Nc2ccccc2I)c1=O. The molecule has 0 aliphatic heterocycles. The second-order valence-electron chi connectivity index (χ2n) is 5.26. The van der Waals surface area contributed by atoms with Gasteiger partial charge in [0.25, 0.3) is 0 Å². The molecule has 0 unspecified atom stereocenters. The van der Waals surface area contributed by atoms with Crippen LogP contribution in [0.3, 0.4) is 0 Å². The summed E-state index contributed by atoms with van der Waals surface area (Å²) in [6.45, 7) is 6.32. The first-order valence-electron chi connectivity index (χ1n) is 7.61. The standard InChI is InChI=1S/C17H17IN4O4/c1-3-9-20-15(24)21(10-4-2)17(26)22(16(20)25)11-14(23)19-13-8-6-5-7-12(13)18/h3-8H,1-2,9-11H2,(H,19,23). The fourth-order valence-electron chi connectivity index (χ4n) is 2.28. The summed E-state index contributed by atoms with van der Waals surface area (Å²) in [5.41, 5.74) is -1.93. The summed E-state index contributed by atoms with van der Waals surface area (Å²) < 4.78 is 3.22. The molecule has 2 aromatic rings. The first-order valence-corrected chi connectivity index (χ1v) is 8.69. The summed E-state index contributed by atoms with van der Waals surface area (Å²) in [7, 11) is 0. The molecule has 1 N–H and O–H groups in total. The topological polar surface area (TPSA) is 95.1 Å². The van der Waals surface area contributed by atoms with Crippen LogP contribution in [-0.2, 0) is 24.4 Å². The lowest BCUT2D eigenvalue weighted by atomic mass is 10.3. The molecule has 2 rings (SSSR count). The van der Waals surface area contributed by atoms with Gasteiger partial charge in [0.15, 0.2) is 0 Å². The van der Waals surface area contributed by atoms with E-state index in [1.54, 1.807) is 12.1 Å². The van der Waals surface area contributed by atoms with Crippen LogP contribution in [0.2, 0.25) is 0 Å². The van der Waals surface area contributed by atoms with Gasteiger partial charge in [-0.1, -0.05) is 24.3 Å². The van der Waals surface area contributed by atoms with Gasteiger partial charge in [0.2, 0.25) is 5.91 Å². The summed E-state index contributed by atoms with van der Waals surface area (Å²) in [6, 6.07) is 7.09. The number of aromatic nitrogens is 3. The van der Waals surface area contributed by atoms with Gasteiger partial charge in [0.05, 0.1) is 18.8 Å². The Morgan fingerprint density at radius 3 is 1.96 bits per heavy atom. The van der Waals surface area contributed by atoms with Crippen LogP contribution in [0.5, 0.6) is 0 Å². The van der Waals surface area contributed by atoms with Crippen LogP contribution < -0.4 is 22.4 Å². The molecule has 9 heteroatoms. The van der Waals surface area contributed by atoms with Crippen LogP contribution >= 0.6 is 22.6 Å². The Kier molecular flexibility index (Phi) is 6.50. The Balaban J connectivity index is 2.47. The van der Waals surface area contributed by atoms with Gasteiger partial charge in [0, 0.05) is 3.57 Å². The molecule has 0 bridgehead atoms. The van der Waals surface area contributed by atoms with Crippen molar-refractivity contribution in [1.82, 2.24) is 13.7 Å². The fraction of sp³-hybridized carbons (Fsp3) is 0.176. The van der Waals surface area contributed by atoms with E-state index in [1.165, 1.54) is 12.2 Å². The van der Waals surface area contributed by atoms with Crippen LogP contribution in [0.1, 0.15) is 0 Å². The average molecular weight is 468 g/mol. The molecule has 136 valence electrons. The van der Waals surface area contributed by atoms with Gasteiger partial charge >= 0.3 is 17.1 Å². The molecule has 1 aromatic carbocycles. The van der Waals surface area contributed by atoms with E-state index in [0.717, 1.165) is 17.3 Å². The van der Waals surface area contributed by atoms with Crippen LogP contribution in [0, 0.1) is 3.57 Å². The number of rotatable bonds is 7. The van der Waals surface area contributed by atoms with Gasteiger partial charge in [0.1, 0.15) is 6.54 Å². The molecule has 0 aliphatic rings. The number of halogens is 1. The molecule has 0 aliphatic carbocycles. The Bertz CT molecular complexity index is 984. The van der Waals surface area contributed by atoms with Crippen LogP contribution in [0.15, 0.2) is 64.0 Å². The Labute approximate surface area is 162 Å². The molecular weight excluding hydrogens is 451 g/mol. The van der Waals surface area contributed by atoms with E-state index in [4.69, 9.17) is 0 Å². The van der Waals surface area contributed by atoms with E-state index >= 15 is 0 Å². The molecule has 0 saturated carbocycles. The highest BCUT2D eigenvalue weighted by Gasteiger charge is 2.16. The van der Waals surface area contributed by atoms with E-state index in [2.05, 4.69) is 41.1 Å². The number of carbonyl (C=O) groups excluding carboxylic acids is 1. The first kappa shape index (κ1) is 19.6. The summed E-state index contributed by atoms with van der Waals surface area (Å²) in [5, 5.41) is 2.65. The molecule has 0 saturated heterocycles. The Morgan fingerprint density at radius 1 is 0.962 bits per heavy atom. The monoisotopic (exact) mass is 468 g/mol. The highest BCUT2D eigenvalue weighted by Crippen LogP contribution is 2.16. The van der Waals surface area contributed by atoms with Gasteiger partial charge < -0.3 is 5.32 Å². The van der Waals surface area contributed by atoms with Gasteiger partial charge in [-0.3, -0.25) is 4.79 Å². The third-order valence-electron chi connectivity index (χ3n) is 3.46. The second kappa shape index (κ2) is 8.61. The number of para-hydroxylation sites is 1. The predicted molar refractivity (Wildman–Crippen MR) is 107 cm³/mol. The number of allylic oxidation sites excluding steroid dienone is 2. The van der Waals surface area contributed by atoms with Gasteiger partial charge in [-0.25, -0.2) is 28.1 Å². The smallest absolute Gasteiger partial charge is 0.324 e. The van der Waals surface area contributed by atoms with Crippen LogP contribution in [0.4, 0.5) is 5.69 Å². The molecule has 1 heterocycles. The first-order chi connectivity index (χ1) is 12.4. The van der Waals surface area contributed by atoms with Crippen molar-refractivity contribution < 1.29 is 4.79 Å². The van der Waals surface area contributed by atoms with Crippen molar-refractivity contribution >= 4 is 34.2 Å². The zero-order valence-electron chi connectivity index (χ0n) is 13.9. The van der Waals surface area contributed by atoms with Crippen molar-refractivity contribution in [2.45, 2.75) is 19.6 Å². The zero-order chi connectivity index (χ0) is 19.3. The molecule has 0 radical (unpaired) electrons. The maximum absolute atomic E-state index is 12.5. The van der Waals surface area contributed by atoms with E-state index in [9.17, 15) is 19.2 Å². The van der Waals surface area contributed by atoms with Crippen molar-refractivity contribution in [3.05, 3.63) is 84.6 Å². The molecule has 26 heavy (non-hydrogen) atoms. The fourth-order valence-corrected chi connectivity index (χ4v) is 2.81. The lowest BCUT2D eigenvalue weighted by molar-refractivity contribution is -0.116. The van der Waals surface area contributed by atoms with Crippen molar-refractivity contribution in [2.24, 2.45) is 0 Å². The molecule has 0 spiro atoms. The van der Waals surface area contributed by atoms with Crippen molar-refractivity contribution in [1.29, 1.82) is 0 Å². The van der Waals surface area contributed by atoms with Crippen molar-refractivity contribution in [3.8, 4) is 0 Å². The number of carbonyl (C=O) groups is 1. The summed E-state index contributed by atoms with van der Waals surface area (Å²) in [5.74, 6) is -0.553. The van der Waals surface area contributed by atoms with Crippen LogP contribution in [-0.4, -0.2) is 19.6 Å². The lowest BCUT2D eigenvalue weighted by Crippen LogP contribution is -2.55. The molecule has 0 fully saturated rings. The van der Waals surface area contributed by atoms with Gasteiger partial charge in [-0.15, -0.1) is 13.2 Å². The summed E-state index contributed by atoms with van der Waals surface area (Å²) in [4.78, 5) is 49.5. The largest absolute Gasteiger partial charge is 0.337 e. The van der Waals surface area contributed by atoms with E-state index in [0.29, 0.717) is 5.69 Å². The summed E-state index contributed by atoms with van der Waals surface area (Å²) >= 11 is 2.06. The van der Waals surface area contributed by atoms with E-state index < -0.39 is 29.5 Å². The van der Waals surface area contributed by atoms with E-state index in [1.807, 2.05) is 12.1 Å². The van der Waals surface area contributed by atoms with Crippen molar-refractivity contribution in [2.75, 3.05) is 5.32 Å². The predicted octanol–water partition coefficient (Wildman–Crippen LogP) is 0.787. The molecule has 1 aromatic heterocycles. The van der Waals surface area contributed by atoms with Crippen molar-refractivity contribution in [3.63, 3.8) is 0 Å². The average Bonchev–Trinajstić information content (AvgIpc) is 2.61. The highest BCUT2D eigenvalue weighted by molar-refractivity contribution is 14.1. The number of nitrogens with zero attached hydrogens (tertiary/aromatic N) is 3. The summed E-state index contributed by atoms with van der Waals surface area (Å²) in [6.07, 6.45) is 2.73. The lowest BCUT2D eigenvalue weighted by Gasteiger charge is -2.12. The maximum Gasteiger partial charge on any atom is 0.337 e. The molecule has 1 amide bonds. The molecule has 8 nitrogen and oxygen atoms in total. The zero-order valence-corrected chi connectivity index (χ0v) is 16.0. The van der Waals surface area contributed by atoms with Gasteiger partial charge in [-0.05, 0) is 34.7 Å². The maximum atomic E-state index is 12.5. The number of nitrogens with one attached hydrogen (secondary N) is 1. The Hall–Kier alpha value is -2.69. The minimum absolute atomic E-state index is 0.0761. The third kappa shape index (κ3) is 4.10. The molecular formula is C17H17IN4O4. The number of hydrogen-bond donors (Lipinski definition) is 1. The van der Waals surface area contributed by atoms with E-state index in [-0.39, 0.29) is 13.1 Å². The minimum Gasteiger partial charge on any atom is -0.324 e. The second-order valence-corrected chi connectivity index (χ2v) is 6.42. The minimum atomic E-state index is -0.863. The number of amides is 1. The normalized spacial score (nSPS) is 10.3. The number of benzene rings is 1. The highest BCUT2D eigenvalue weighted by atomic mass is 127. The van der Waals surface area contributed by atoms with Crippen LogP contribution in [0.25, 0.3) is 0 Å². The number of hydrogen-bond acceptors (Lipinski definition) is 4. The third-order valence-corrected chi connectivity index (χ3v) is 4.40. The number of anilines is 1. The molecule has 0 atom stereocenters. The Morgan fingerprint density at radius 2 is 1.46 bits per heavy atom. The quantitative estimate of drug-likeness (QED) is 0.480.